The van der Waals surface area contributed by atoms with E-state index in [0.29, 0.717) is 10.0 Å². The Morgan fingerprint density at radius 1 is 1.10 bits per heavy atom. The summed E-state index contributed by atoms with van der Waals surface area (Å²) in [5, 5.41) is 10.6. The normalized spacial score (nSPS) is 10.9. The Kier molecular flexibility index (Phi) is 4.48. The number of benzene rings is 2. The van der Waals surface area contributed by atoms with Crippen LogP contribution >= 0.6 is 23.2 Å². The molecule has 0 spiro atoms. The van der Waals surface area contributed by atoms with Gasteiger partial charge in [0.15, 0.2) is 5.78 Å². The van der Waals surface area contributed by atoms with Crippen LogP contribution in [0.2, 0.25) is 10.0 Å². The number of aromatic hydroxyl groups is 1. The van der Waals surface area contributed by atoms with Crippen molar-refractivity contribution >= 4 is 35.1 Å². The summed E-state index contributed by atoms with van der Waals surface area (Å²) in [5.41, 5.74) is 1.95. The van der Waals surface area contributed by atoms with Crippen LogP contribution in [0.4, 0.5) is 0 Å². The fourth-order valence-corrected chi connectivity index (χ4v) is 2.03. The number of ketones is 1. The highest BCUT2D eigenvalue weighted by Gasteiger charge is 2.08. The van der Waals surface area contributed by atoms with Crippen LogP contribution in [0.15, 0.2) is 42.5 Å². The smallest absolute Gasteiger partial charge is 0.189 e. The van der Waals surface area contributed by atoms with E-state index in [0.717, 1.165) is 11.1 Å². The van der Waals surface area contributed by atoms with Crippen molar-refractivity contribution in [3.8, 4) is 5.75 Å². The lowest BCUT2D eigenvalue weighted by Gasteiger charge is -2.02. The van der Waals surface area contributed by atoms with Crippen molar-refractivity contribution in [2.24, 2.45) is 0 Å². The van der Waals surface area contributed by atoms with Gasteiger partial charge < -0.3 is 5.11 Å². The van der Waals surface area contributed by atoms with Gasteiger partial charge in [-0.2, -0.15) is 0 Å². The summed E-state index contributed by atoms with van der Waals surface area (Å²) in [6, 6.07) is 10.00. The molecule has 0 aliphatic rings. The lowest BCUT2D eigenvalue weighted by Crippen LogP contribution is -1.95. The summed E-state index contributed by atoms with van der Waals surface area (Å²) in [6.45, 7) is 1.86. The van der Waals surface area contributed by atoms with Gasteiger partial charge in [-0.05, 0) is 42.8 Å². The number of phenolic OH excluding ortho intramolecular Hbond substituents is 1. The molecular weight excluding hydrogens is 295 g/mol. The molecule has 0 saturated carbocycles. The van der Waals surface area contributed by atoms with Gasteiger partial charge >= 0.3 is 0 Å². The minimum atomic E-state index is -0.266. The van der Waals surface area contributed by atoms with E-state index in [9.17, 15) is 9.90 Å². The lowest BCUT2D eigenvalue weighted by molar-refractivity contribution is 0.104. The topological polar surface area (TPSA) is 37.3 Å². The predicted molar refractivity (Wildman–Crippen MR) is 82.7 cm³/mol. The molecule has 0 aliphatic carbocycles. The van der Waals surface area contributed by atoms with Crippen molar-refractivity contribution in [3.05, 3.63) is 69.2 Å². The zero-order valence-electron chi connectivity index (χ0n) is 10.7. The van der Waals surface area contributed by atoms with E-state index in [1.165, 1.54) is 12.1 Å². The maximum Gasteiger partial charge on any atom is 0.189 e. The van der Waals surface area contributed by atoms with Crippen molar-refractivity contribution in [2.45, 2.75) is 6.92 Å². The van der Waals surface area contributed by atoms with Crippen molar-refractivity contribution in [1.82, 2.24) is 0 Å². The Morgan fingerprint density at radius 3 is 2.55 bits per heavy atom. The highest BCUT2D eigenvalue weighted by molar-refractivity contribution is 6.42. The second-order valence-electron chi connectivity index (χ2n) is 4.39. The summed E-state index contributed by atoms with van der Waals surface area (Å²) in [5.74, 6) is -0.295. The summed E-state index contributed by atoms with van der Waals surface area (Å²) >= 11 is 11.7. The third-order valence-corrected chi connectivity index (χ3v) is 3.53. The van der Waals surface area contributed by atoms with Crippen molar-refractivity contribution in [2.75, 3.05) is 0 Å². The van der Waals surface area contributed by atoms with Crippen LogP contribution in [-0.4, -0.2) is 10.9 Å². The quantitative estimate of drug-likeness (QED) is 0.646. The number of hydrogen-bond acceptors (Lipinski definition) is 2. The number of allylic oxidation sites excluding steroid dienone is 1. The molecule has 0 heterocycles. The van der Waals surface area contributed by atoms with Crippen LogP contribution in [0.1, 0.15) is 21.5 Å². The van der Waals surface area contributed by atoms with Gasteiger partial charge in [-0.3, -0.25) is 4.79 Å². The average Bonchev–Trinajstić information content (AvgIpc) is 2.42. The molecule has 0 fully saturated rings. The van der Waals surface area contributed by atoms with Gasteiger partial charge in [-0.1, -0.05) is 47.0 Å². The zero-order valence-corrected chi connectivity index (χ0v) is 12.2. The first-order valence-corrected chi connectivity index (χ1v) is 6.70. The molecule has 0 amide bonds. The second kappa shape index (κ2) is 6.12. The molecule has 2 aromatic carbocycles. The first kappa shape index (κ1) is 14.6. The molecule has 20 heavy (non-hydrogen) atoms. The minimum absolute atomic E-state index is 0.0283. The fraction of sp³-hybridized carbons (Fsp3) is 0.0625. The first-order chi connectivity index (χ1) is 9.47. The molecule has 0 aromatic heterocycles. The molecule has 0 aliphatic heterocycles. The molecule has 2 nitrogen and oxygen atoms in total. The van der Waals surface area contributed by atoms with Crippen LogP contribution in [0, 0.1) is 6.92 Å². The third kappa shape index (κ3) is 3.41. The van der Waals surface area contributed by atoms with Gasteiger partial charge in [0.1, 0.15) is 5.75 Å². The molecule has 0 radical (unpaired) electrons. The molecule has 2 aromatic rings. The molecule has 0 saturated heterocycles. The van der Waals surface area contributed by atoms with Crippen molar-refractivity contribution in [3.63, 3.8) is 0 Å². The second-order valence-corrected chi connectivity index (χ2v) is 5.21. The zero-order chi connectivity index (χ0) is 14.7. The van der Waals surface area contributed by atoms with Gasteiger partial charge in [0.2, 0.25) is 0 Å². The van der Waals surface area contributed by atoms with E-state index >= 15 is 0 Å². The summed E-state index contributed by atoms with van der Waals surface area (Å²) in [7, 11) is 0. The number of halogens is 2. The summed E-state index contributed by atoms with van der Waals surface area (Å²) in [6.07, 6.45) is 3.03. The third-order valence-electron chi connectivity index (χ3n) is 2.79. The average molecular weight is 307 g/mol. The van der Waals surface area contributed by atoms with E-state index in [-0.39, 0.29) is 17.1 Å². The molecule has 102 valence electrons. The highest BCUT2D eigenvalue weighted by Crippen LogP contribution is 2.24. The maximum atomic E-state index is 12.0. The Morgan fingerprint density at radius 2 is 1.85 bits per heavy atom. The van der Waals surface area contributed by atoms with Crippen LogP contribution in [0.25, 0.3) is 6.08 Å². The number of rotatable bonds is 3. The summed E-state index contributed by atoms with van der Waals surface area (Å²) in [4.78, 5) is 12.0. The van der Waals surface area contributed by atoms with Crippen molar-refractivity contribution in [1.29, 1.82) is 0 Å². The first-order valence-electron chi connectivity index (χ1n) is 5.94. The minimum Gasteiger partial charge on any atom is -0.507 e. The van der Waals surface area contributed by atoms with Gasteiger partial charge in [-0.15, -0.1) is 0 Å². The van der Waals surface area contributed by atoms with Crippen LogP contribution < -0.4 is 0 Å². The highest BCUT2D eigenvalue weighted by atomic mass is 35.5. The molecular formula is C16H12Cl2O2. The van der Waals surface area contributed by atoms with Crippen LogP contribution in [0.5, 0.6) is 5.75 Å². The Hall–Kier alpha value is -1.77. The molecule has 0 unspecified atom stereocenters. The fourth-order valence-electron chi connectivity index (χ4n) is 1.72. The Balaban J connectivity index is 2.24. The number of aryl methyl sites for hydroxylation is 1. The molecule has 0 bridgehead atoms. The van der Waals surface area contributed by atoms with E-state index in [1.54, 1.807) is 36.4 Å². The molecule has 4 heteroatoms. The van der Waals surface area contributed by atoms with E-state index < -0.39 is 0 Å². The monoisotopic (exact) mass is 306 g/mol. The Labute approximate surface area is 127 Å². The van der Waals surface area contributed by atoms with Gasteiger partial charge in [-0.25, -0.2) is 0 Å². The SMILES string of the molecule is Cc1ccc(O)c(C(=O)C=Cc2ccc(Cl)c(Cl)c2)c1. The lowest BCUT2D eigenvalue weighted by atomic mass is 10.1. The van der Waals surface area contributed by atoms with E-state index in [4.69, 9.17) is 23.2 Å². The molecule has 2 rings (SSSR count). The predicted octanol–water partition coefficient (Wildman–Crippen LogP) is 4.90. The van der Waals surface area contributed by atoms with E-state index in [1.807, 2.05) is 6.92 Å². The standard InChI is InChI=1S/C16H12Cl2O2/c1-10-2-6-15(19)12(8-10)16(20)7-4-11-3-5-13(17)14(18)9-11/h2-9,19H,1H3. The molecule has 0 atom stereocenters. The van der Waals surface area contributed by atoms with Crippen LogP contribution in [0.3, 0.4) is 0 Å². The van der Waals surface area contributed by atoms with Gasteiger partial charge in [0.05, 0.1) is 15.6 Å². The van der Waals surface area contributed by atoms with Crippen LogP contribution in [-0.2, 0) is 0 Å². The molecule has 1 N–H and O–H groups in total. The largest absolute Gasteiger partial charge is 0.507 e. The Bertz CT molecular complexity index is 691. The number of carbonyl (C=O) groups is 1. The number of phenols is 1. The summed E-state index contributed by atoms with van der Waals surface area (Å²) < 4.78 is 0. The number of carbonyl (C=O) groups excluding carboxylic acids is 1. The van der Waals surface area contributed by atoms with Gasteiger partial charge in [0.25, 0.3) is 0 Å². The van der Waals surface area contributed by atoms with Crippen molar-refractivity contribution < 1.29 is 9.90 Å². The maximum absolute atomic E-state index is 12.0. The number of hydrogen-bond donors (Lipinski definition) is 1. The van der Waals surface area contributed by atoms with E-state index in [2.05, 4.69) is 0 Å². The van der Waals surface area contributed by atoms with Gasteiger partial charge in [0, 0.05) is 0 Å².